The maximum atomic E-state index is 5.97. The summed E-state index contributed by atoms with van der Waals surface area (Å²) in [6.45, 7) is 2.14. The van der Waals surface area contributed by atoms with Gasteiger partial charge in [-0.1, -0.05) is 31.0 Å². The van der Waals surface area contributed by atoms with Crippen molar-refractivity contribution < 1.29 is 4.52 Å². The highest BCUT2D eigenvalue weighted by molar-refractivity contribution is 7.09. The van der Waals surface area contributed by atoms with E-state index in [1.165, 1.54) is 4.88 Å². The van der Waals surface area contributed by atoms with Gasteiger partial charge < -0.3 is 10.3 Å². The molecule has 2 aromatic rings. The summed E-state index contributed by atoms with van der Waals surface area (Å²) >= 11 is 1.70. The molecule has 1 atom stereocenters. The second kappa shape index (κ2) is 5.93. The summed E-state index contributed by atoms with van der Waals surface area (Å²) in [6, 6.07) is 3.96. The minimum absolute atomic E-state index is 0.125. The molecule has 2 N–H and O–H groups in total. The molecule has 2 aromatic heterocycles. The Balaban J connectivity index is 1.95. The lowest BCUT2D eigenvalue weighted by Gasteiger charge is -2.03. The molecule has 0 aliphatic heterocycles. The molecular weight excluding hydrogens is 234 g/mol. The molecule has 2 heterocycles. The van der Waals surface area contributed by atoms with Gasteiger partial charge in [0, 0.05) is 11.3 Å². The van der Waals surface area contributed by atoms with Crippen LogP contribution in [0.3, 0.4) is 0 Å². The monoisotopic (exact) mass is 251 g/mol. The highest BCUT2D eigenvalue weighted by Crippen LogP contribution is 2.17. The minimum Gasteiger partial charge on any atom is -0.338 e. The standard InChI is InChI=1S/C12H17N3OS/c1-2-3-6-10(13)12-14-11(15-16-12)8-9-5-4-7-17-9/h4-5,7,10H,2-3,6,8,13H2,1H3/t10-/m0/s1. The van der Waals surface area contributed by atoms with E-state index in [0.717, 1.165) is 31.5 Å². The Bertz CT molecular complexity index is 438. The van der Waals surface area contributed by atoms with E-state index < -0.39 is 0 Å². The van der Waals surface area contributed by atoms with Crippen molar-refractivity contribution in [3.8, 4) is 0 Å². The van der Waals surface area contributed by atoms with Crippen molar-refractivity contribution in [2.24, 2.45) is 5.73 Å². The predicted octanol–water partition coefficient (Wildman–Crippen LogP) is 2.91. The summed E-state index contributed by atoms with van der Waals surface area (Å²) in [5, 5.41) is 6.01. The zero-order chi connectivity index (χ0) is 12.1. The molecule has 0 saturated carbocycles. The molecule has 0 aliphatic rings. The number of rotatable bonds is 6. The van der Waals surface area contributed by atoms with Gasteiger partial charge in [-0.05, 0) is 17.9 Å². The Morgan fingerprint density at radius 2 is 2.41 bits per heavy atom. The Morgan fingerprint density at radius 1 is 1.53 bits per heavy atom. The van der Waals surface area contributed by atoms with Crippen LogP contribution >= 0.6 is 11.3 Å². The first-order valence-electron chi connectivity index (χ1n) is 5.90. The van der Waals surface area contributed by atoms with Gasteiger partial charge in [0.15, 0.2) is 5.82 Å². The summed E-state index contributed by atoms with van der Waals surface area (Å²) in [5.41, 5.74) is 5.97. The second-order valence-corrected chi connectivity index (χ2v) is 5.09. The van der Waals surface area contributed by atoms with E-state index in [9.17, 15) is 0 Å². The van der Waals surface area contributed by atoms with Crippen LogP contribution in [0.4, 0.5) is 0 Å². The molecule has 0 bridgehead atoms. The van der Waals surface area contributed by atoms with Crippen LogP contribution in [-0.2, 0) is 6.42 Å². The molecule has 92 valence electrons. The number of nitrogens with two attached hydrogens (primary N) is 1. The van der Waals surface area contributed by atoms with Crippen LogP contribution in [0.1, 0.15) is 48.8 Å². The number of unbranched alkanes of at least 4 members (excludes halogenated alkanes) is 1. The first-order valence-corrected chi connectivity index (χ1v) is 6.78. The van der Waals surface area contributed by atoms with Gasteiger partial charge in [0.1, 0.15) is 0 Å². The maximum Gasteiger partial charge on any atom is 0.243 e. The average Bonchev–Trinajstić information content (AvgIpc) is 2.98. The molecule has 4 nitrogen and oxygen atoms in total. The second-order valence-electron chi connectivity index (χ2n) is 4.05. The smallest absolute Gasteiger partial charge is 0.243 e. The average molecular weight is 251 g/mol. The first kappa shape index (κ1) is 12.3. The zero-order valence-corrected chi connectivity index (χ0v) is 10.7. The van der Waals surface area contributed by atoms with Crippen LogP contribution < -0.4 is 5.73 Å². The number of thiophene rings is 1. The summed E-state index contributed by atoms with van der Waals surface area (Å²) in [6.07, 6.45) is 3.84. The Hall–Kier alpha value is -1.20. The predicted molar refractivity (Wildman–Crippen MR) is 67.9 cm³/mol. The van der Waals surface area contributed by atoms with Crippen molar-refractivity contribution in [1.29, 1.82) is 0 Å². The van der Waals surface area contributed by atoms with Gasteiger partial charge in [0.25, 0.3) is 0 Å². The molecule has 0 saturated heterocycles. The lowest BCUT2D eigenvalue weighted by Crippen LogP contribution is -2.10. The van der Waals surface area contributed by atoms with Crippen molar-refractivity contribution in [2.75, 3.05) is 0 Å². The third-order valence-corrected chi connectivity index (χ3v) is 3.46. The number of nitrogens with zero attached hydrogens (tertiary/aromatic N) is 2. The van der Waals surface area contributed by atoms with Crippen LogP contribution in [0, 0.1) is 0 Å². The van der Waals surface area contributed by atoms with Crippen LogP contribution in [0.25, 0.3) is 0 Å². The fourth-order valence-electron chi connectivity index (χ4n) is 1.61. The maximum absolute atomic E-state index is 5.97. The third kappa shape index (κ3) is 3.38. The quantitative estimate of drug-likeness (QED) is 0.857. The largest absolute Gasteiger partial charge is 0.338 e. The van der Waals surface area contributed by atoms with Gasteiger partial charge in [0.2, 0.25) is 5.89 Å². The van der Waals surface area contributed by atoms with Crippen LogP contribution in [0.15, 0.2) is 22.0 Å². The highest BCUT2D eigenvalue weighted by Gasteiger charge is 2.14. The molecule has 0 aromatic carbocycles. The Labute approximate surface area is 105 Å². The lowest BCUT2D eigenvalue weighted by atomic mass is 10.1. The van der Waals surface area contributed by atoms with E-state index in [4.69, 9.17) is 10.3 Å². The molecule has 0 amide bonds. The molecule has 2 rings (SSSR count). The topological polar surface area (TPSA) is 64.9 Å². The fraction of sp³-hybridized carbons (Fsp3) is 0.500. The number of aromatic nitrogens is 2. The summed E-state index contributed by atoms with van der Waals surface area (Å²) in [7, 11) is 0. The van der Waals surface area contributed by atoms with Gasteiger partial charge in [-0.15, -0.1) is 11.3 Å². The van der Waals surface area contributed by atoms with Crippen LogP contribution in [0.5, 0.6) is 0 Å². The fourth-order valence-corrected chi connectivity index (χ4v) is 2.31. The third-order valence-electron chi connectivity index (χ3n) is 2.58. The summed E-state index contributed by atoms with van der Waals surface area (Å²) < 4.78 is 5.19. The summed E-state index contributed by atoms with van der Waals surface area (Å²) in [5.74, 6) is 1.28. The highest BCUT2D eigenvalue weighted by atomic mass is 32.1. The van der Waals surface area contributed by atoms with Crippen molar-refractivity contribution in [2.45, 2.75) is 38.6 Å². The molecule has 0 unspecified atom stereocenters. The zero-order valence-electron chi connectivity index (χ0n) is 9.93. The number of hydrogen-bond acceptors (Lipinski definition) is 5. The van der Waals surface area contributed by atoms with Crippen LogP contribution in [0.2, 0.25) is 0 Å². The van der Waals surface area contributed by atoms with E-state index in [1.807, 2.05) is 11.4 Å². The Kier molecular flexibility index (Phi) is 4.28. The molecule has 5 heteroatoms. The van der Waals surface area contributed by atoms with E-state index in [-0.39, 0.29) is 6.04 Å². The SMILES string of the molecule is CCCC[C@H](N)c1nc(Cc2cccs2)no1. The lowest BCUT2D eigenvalue weighted by molar-refractivity contribution is 0.343. The molecule has 0 spiro atoms. The van der Waals surface area contributed by atoms with Crippen LogP contribution in [-0.4, -0.2) is 10.1 Å². The number of hydrogen-bond donors (Lipinski definition) is 1. The van der Waals surface area contributed by atoms with Crippen molar-refractivity contribution in [3.63, 3.8) is 0 Å². The van der Waals surface area contributed by atoms with Gasteiger partial charge >= 0.3 is 0 Å². The Morgan fingerprint density at radius 3 is 3.12 bits per heavy atom. The minimum atomic E-state index is -0.125. The van der Waals surface area contributed by atoms with Gasteiger partial charge in [-0.25, -0.2) is 0 Å². The molecule has 0 radical (unpaired) electrons. The van der Waals surface area contributed by atoms with Crippen molar-refractivity contribution in [1.82, 2.24) is 10.1 Å². The normalized spacial score (nSPS) is 12.8. The van der Waals surface area contributed by atoms with Crippen molar-refractivity contribution in [3.05, 3.63) is 34.1 Å². The molecule has 17 heavy (non-hydrogen) atoms. The van der Waals surface area contributed by atoms with E-state index in [2.05, 4.69) is 23.1 Å². The van der Waals surface area contributed by atoms with Gasteiger partial charge in [0.05, 0.1) is 6.04 Å². The van der Waals surface area contributed by atoms with Crippen molar-refractivity contribution >= 4 is 11.3 Å². The van der Waals surface area contributed by atoms with Gasteiger partial charge in [-0.3, -0.25) is 0 Å². The van der Waals surface area contributed by atoms with E-state index in [1.54, 1.807) is 11.3 Å². The molecule has 0 fully saturated rings. The van der Waals surface area contributed by atoms with Gasteiger partial charge in [-0.2, -0.15) is 4.98 Å². The molecular formula is C12H17N3OS. The molecule has 0 aliphatic carbocycles. The summed E-state index contributed by atoms with van der Waals surface area (Å²) in [4.78, 5) is 5.58. The van der Waals surface area contributed by atoms with E-state index in [0.29, 0.717) is 5.89 Å². The first-order chi connectivity index (χ1) is 8.29. The van der Waals surface area contributed by atoms with E-state index >= 15 is 0 Å².